The quantitative estimate of drug-likeness (QED) is 0.694. The van der Waals surface area contributed by atoms with E-state index >= 15 is 0 Å². The molecule has 3 aromatic rings. The lowest BCUT2D eigenvalue weighted by Gasteiger charge is -2.16. The highest BCUT2D eigenvalue weighted by Crippen LogP contribution is 2.30. The summed E-state index contributed by atoms with van der Waals surface area (Å²) in [6.07, 6.45) is -1.19. The van der Waals surface area contributed by atoms with Crippen LogP contribution in [0.4, 0.5) is 9.18 Å². The van der Waals surface area contributed by atoms with Gasteiger partial charge in [0.05, 0.1) is 11.4 Å². The number of rotatable bonds is 3. The Balaban J connectivity index is 2.33. The maximum atomic E-state index is 13.5. The Bertz CT molecular complexity index is 1080. The van der Waals surface area contributed by atoms with Crippen LogP contribution < -0.4 is 10.7 Å². The normalized spacial score (nSPS) is 12.2. The zero-order valence-corrected chi connectivity index (χ0v) is 14.5. The molecule has 26 heavy (non-hydrogen) atoms. The van der Waals surface area contributed by atoms with Gasteiger partial charge in [0.25, 0.3) is 0 Å². The minimum absolute atomic E-state index is 0.162. The zero-order valence-electron chi connectivity index (χ0n) is 14.5. The lowest BCUT2D eigenvalue weighted by atomic mass is 10.00. The second-order valence-corrected chi connectivity index (χ2v) is 6.13. The number of benzene rings is 1. The van der Waals surface area contributed by atoms with E-state index in [9.17, 15) is 14.0 Å². The molecule has 0 aliphatic carbocycles. The number of hydrogen-bond donors (Lipinski definition) is 2. The zero-order chi connectivity index (χ0) is 19.0. The van der Waals surface area contributed by atoms with E-state index in [0.29, 0.717) is 16.5 Å². The Morgan fingerprint density at radius 3 is 2.69 bits per heavy atom. The Labute approximate surface area is 148 Å². The van der Waals surface area contributed by atoms with Crippen molar-refractivity contribution < 1.29 is 18.7 Å². The van der Waals surface area contributed by atoms with Gasteiger partial charge in [-0.3, -0.25) is 4.79 Å². The molecule has 1 aromatic carbocycles. The third kappa shape index (κ3) is 3.15. The van der Waals surface area contributed by atoms with E-state index in [1.54, 1.807) is 32.0 Å². The first kappa shape index (κ1) is 17.6. The molecule has 0 radical (unpaired) electrons. The SMILES string of the molecule is Cc1cc(C(C)NC(=O)O)c2oc(-c3cccc(F)n3)c(C)c(=O)c2c1. The van der Waals surface area contributed by atoms with Crippen molar-refractivity contribution in [3.8, 4) is 11.5 Å². The fraction of sp³-hybridized carbons (Fsp3) is 0.211. The molecule has 0 bridgehead atoms. The summed E-state index contributed by atoms with van der Waals surface area (Å²) in [5.41, 5.74) is 1.83. The number of fused-ring (bicyclic) bond motifs is 1. The third-order valence-corrected chi connectivity index (χ3v) is 4.15. The predicted octanol–water partition coefficient (Wildman–Crippen LogP) is 3.94. The van der Waals surface area contributed by atoms with E-state index in [2.05, 4.69) is 10.3 Å². The van der Waals surface area contributed by atoms with Crippen molar-refractivity contribution in [3.63, 3.8) is 0 Å². The fourth-order valence-electron chi connectivity index (χ4n) is 2.93. The van der Waals surface area contributed by atoms with Gasteiger partial charge in [-0.25, -0.2) is 9.78 Å². The molecule has 0 saturated heterocycles. The number of nitrogens with zero attached hydrogens (tertiary/aromatic N) is 1. The number of aryl methyl sites for hydroxylation is 1. The summed E-state index contributed by atoms with van der Waals surface area (Å²) in [4.78, 5) is 27.6. The highest BCUT2D eigenvalue weighted by Gasteiger charge is 2.20. The van der Waals surface area contributed by atoms with Gasteiger partial charge in [0, 0.05) is 11.1 Å². The van der Waals surface area contributed by atoms with Crippen LogP contribution in [-0.4, -0.2) is 16.2 Å². The molecule has 0 saturated carbocycles. The lowest BCUT2D eigenvalue weighted by molar-refractivity contribution is 0.191. The van der Waals surface area contributed by atoms with Gasteiger partial charge in [-0.2, -0.15) is 4.39 Å². The van der Waals surface area contributed by atoms with Crippen molar-refractivity contribution in [1.82, 2.24) is 10.3 Å². The number of carbonyl (C=O) groups is 1. The fourth-order valence-corrected chi connectivity index (χ4v) is 2.93. The highest BCUT2D eigenvalue weighted by atomic mass is 19.1. The monoisotopic (exact) mass is 356 g/mol. The average Bonchev–Trinajstić information content (AvgIpc) is 2.57. The smallest absolute Gasteiger partial charge is 0.405 e. The maximum absolute atomic E-state index is 13.5. The molecule has 6 nitrogen and oxygen atoms in total. The molecule has 2 N–H and O–H groups in total. The van der Waals surface area contributed by atoms with Crippen molar-refractivity contribution >= 4 is 17.1 Å². The largest absolute Gasteiger partial charge is 0.465 e. The Morgan fingerprint density at radius 1 is 1.31 bits per heavy atom. The standard InChI is InChI=1S/C19H17FN2O4/c1-9-7-12(11(3)21-19(24)25)18-13(8-9)16(23)10(2)17(26-18)14-5-4-6-15(20)22-14/h4-8,11,21H,1-3H3,(H,24,25). The van der Waals surface area contributed by atoms with Gasteiger partial charge >= 0.3 is 6.09 Å². The number of halogens is 1. The summed E-state index contributed by atoms with van der Waals surface area (Å²) < 4.78 is 19.4. The second kappa shape index (κ2) is 6.59. The topological polar surface area (TPSA) is 92.4 Å². The number of pyridine rings is 1. The summed E-state index contributed by atoms with van der Waals surface area (Å²) in [5, 5.41) is 11.7. The average molecular weight is 356 g/mol. The van der Waals surface area contributed by atoms with Crippen LogP contribution in [0.3, 0.4) is 0 Å². The summed E-state index contributed by atoms with van der Waals surface area (Å²) in [6, 6.07) is 7.07. The Kier molecular flexibility index (Phi) is 4.46. The van der Waals surface area contributed by atoms with E-state index in [-0.39, 0.29) is 22.5 Å². The molecule has 0 fully saturated rings. The van der Waals surface area contributed by atoms with Crippen molar-refractivity contribution in [2.75, 3.05) is 0 Å². The number of aromatic nitrogens is 1. The summed E-state index contributed by atoms with van der Waals surface area (Å²) >= 11 is 0. The summed E-state index contributed by atoms with van der Waals surface area (Å²) in [7, 11) is 0. The van der Waals surface area contributed by atoms with Crippen molar-refractivity contribution in [3.05, 3.63) is 63.2 Å². The summed E-state index contributed by atoms with van der Waals surface area (Å²) in [6.45, 7) is 5.06. The van der Waals surface area contributed by atoms with Gasteiger partial charge < -0.3 is 14.8 Å². The van der Waals surface area contributed by atoms with E-state index in [1.807, 2.05) is 6.92 Å². The summed E-state index contributed by atoms with van der Waals surface area (Å²) in [5.74, 6) is -0.524. The van der Waals surface area contributed by atoms with Crippen LogP contribution in [0, 0.1) is 19.8 Å². The molecule has 2 aromatic heterocycles. The minimum atomic E-state index is -1.19. The van der Waals surface area contributed by atoms with Gasteiger partial charge in [-0.1, -0.05) is 12.1 Å². The number of hydrogen-bond acceptors (Lipinski definition) is 4. The molecule has 7 heteroatoms. The van der Waals surface area contributed by atoms with Crippen molar-refractivity contribution in [2.45, 2.75) is 26.8 Å². The maximum Gasteiger partial charge on any atom is 0.405 e. The molecule has 0 aliphatic rings. The van der Waals surface area contributed by atoms with Crippen molar-refractivity contribution in [1.29, 1.82) is 0 Å². The van der Waals surface area contributed by atoms with Crippen LogP contribution in [0.1, 0.15) is 29.7 Å². The number of carboxylic acid groups (broad SMARTS) is 1. The Hall–Kier alpha value is -3.22. The highest BCUT2D eigenvalue weighted by molar-refractivity contribution is 5.84. The molecule has 1 amide bonds. The molecule has 134 valence electrons. The van der Waals surface area contributed by atoms with Gasteiger partial charge in [0.2, 0.25) is 5.95 Å². The first-order valence-electron chi connectivity index (χ1n) is 7.98. The first-order chi connectivity index (χ1) is 12.3. The van der Waals surface area contributed by atoms with Gasteiger partial charge in [0.15, 0.2) is 11.2 Å². The molecule has 3 rings (SSSR count). The predicted molar refractivity (Wildman–Crippen MR) is 94.7 cm³/mol. The molecule has 1 unspecified atom stereocenters. The van der Waals surface area contributed by atoms with Crippen molar-refractivity contribution in [2.24, 2.45) is 0 Å². The van der Waals surface area contributed by atoms with Crippen LogP contribution in [0.5, 0.6) is 0 Å². The van der Waals surface area contributed by atoms with Crippen LogP contribution in [0.25, 0.3) is 22.4 Å². The Morgan fingerprint density at radius 2 is 2.04 bits per heavy atom. The lowest BCUT2D eigenvalue weighted by Crippen LogP contribution is -2.25. The molecule has 2 heterocycles. The van der Waals surface area contributed by atoms with E-state index in [0.717, 1.165) is 5.56 Å². The molecular formula is C19H17FN2O4. The van der Waals surface area contributed by atoms with Crippen LogP contribution in [-0.2, 0) is 0 Å². The first-order valence-corrected chi connectivity index (χ1v) is 7.98. The third-order valence-electron chi connectivity index (χ3n) is 4.15. The second-order valence-electron chi connectivity index (χ2n) is 6.13. The number of nitrogens with one attached hydrogen (secondary N) is 1. The van der Waals surface area contributed by atoms with Crippen LogP contribution in [0.2, 0.25) is 0 Å². The minimum Gasteiger partial charge on any atom is -0.465 e. The van der Waals surface area contributed by atoms with E-state index < -0.39 is 18.1 Å². The van der Waals surface area contributed by atoms with E-state index in [4.69, 9.17) is 9.52 Å². The van der Waals surface area contributed by atoms with Crippen LogP contribution >= 0.6 is 0 Å². The molecule has 1 atom stereocenters. The molecule has 0 spiro atoms. The van der Waals surface area contributed by atoms with E-state index in [1.165, 1.54) is 12.1 Å². The van der Waals surface area contributed by atoms with Gasteiger partial charge in [-0.05, 0) is 44.5 Å². The molecule has 0 aliphatic heterocycles. The van der Waals surface area contributed by atoms with Gasteiger partial charge in [-0.15, -0.1) is 0 Å². The van der Waals surface area contributed by atoms with Gasteiger partial charge in [0.1, 0.15) is 11.3 Å². The number of amides is 1. The molecular weight excluding hydrogens is 339 g/mol. The van der Waals surface area contributed by atoms with Crippen LogP contribution in [0.15, 0.2) is 39.5 Å².